The van der Waals surface area contributed by atoms with Gasteiger partial charge in [0, 0.05) is 13.6 Å². The van der Waals surface area contributed by atoms with E-state index >= 15 is 0 Å². The zero-order valence-corrected chi connectivity index (χ0v) is 15.9. The van der Waals surface area contributed by atoms with Crippen LogP contribution in [0.4, 0.5) is 4.39 Å². The standard InChI is InChI=1S/C21H23FN2O4/c1-23(12-16-7-8-20(26-2)19(22)11-16)21(25)15-24(13-17-5-3-9-27-17)14-18-6-4-10-28-18/h3-11H,12-15H2,1-2H3. The molecule has 3 rings (SSSR count). The molecule has 2 heterocycles. The molecular formula is C21H23FN2O4. The van der Waals surface area contributed by atoms with E-state index in [2.05, 4.69) is 0 Å². The first-order valence-corrected chi connectivity index (χ1v) is 8.88. The summed E-state index contributed by atoms with van der Waals surface area (Å²) >= 11 is 0. The van der Waals surface area contributed by atoms with Crippen LogP contribution in [0.1, 0.15) is 17.1 Å². The molecule has 0 N–H and O–H groups in total. The number of rotatable bonds is 9. The van der Waals surface area contributed by atoms with Crippen LogP contribution in [0.3, 0.4) is 0 Å². The van der Waals surface area contributed by atoms with E-state index in [4.69, 9.17) is 13.6 Å². The Morgan fingerprint density at radius 1 is 1.04 bits per heavy atom. The number of furan rings is 2. The molecule has 0 aliphatic heterocycles. The number of methoxy groups -OCH3 is 1. The van der Waals surface area contributed by atoms with Crippen molar-refractivity contribution in [1.82, 2.24) is 9.80 Å². The molecule has 0 spiro atoms. The van der Waals surface area contributed by atoms with Gasteiger partial charge in [-0.15, -0.1) is 0 Å². The minimum atomic E-state index is -0.446. The maximum Gasteiger partial charge on any atom is 0.236 e. The molecule has 2 aromatic heterocycles. The van der Waals surface area contributed by atoms with Crippen LogP contribution < -0.4 is 4.74 Å². The fourth-order valence-corrected chi connectivity index (χ4v) is 2.90. The topological polar surface area (TPSA) is 59.1 Å². The van der Waals surface area contributed by atoms with Crippen molar-refractivity contribution in [3.63, 3.8) is 0 Å². The molecule has 0 fully saturated rings. The number of benzene rings is 1. The third-order valence-corrected chi connectivity index (χ3v) is 4.34. The number of carbonyl (C=O) groups is 1. The van der Waals surface area contributed by atoms with Crippen molar-refractivity contribution in [2.24, 2.45) is 0 Å². The summed E-state index contributed by atoms with van der Waals surface area (Å²) in [6.07, 6.45) is 3.21. The first kappa shape index (κ1) is 19.7. The molecular weight excluding hydrogens is 363 g/mol. The quantitative estimate of drug-likeness (QED) is 0.561. The van der Waals surface area contributed by atoms with E-state index < -0.39 is 5.82 Å². The molecule has 0 atom stereocenters. The van der Waals surface area contributed by atoms with Gasteiger partial charge in [-0.2, -0.15) is 0 Å². The molecule has 0 radical (unpaired) electrons. The number of hydrogen-bond acceptors (Lipinski definition) is 5. The van der Waals surface area contributed by atoms with Gasteiger partial charge in [-0.05, 0) is 42.0 Å². The molecule has 1 aromatic carbocycles. The van der Waals surface area contributed by atoms with Crippen molar-refractivity contribution < 1.29 is 22.8 Å². The maximum absolute atomic E-state index is 13.9. The van der Waals surface area contributed by atoms with Gasteiger partial charge >= 0.3 is 0 Å². The molecule has 0 saturated carbocycles. The number of hydrogen-bond donors (Lipinski definition) is 0. The first-order chi connectivity index (χ1) is 13.5. The van der Waals surface area contributed by atoms with Crippen LogP contribution in [-0.4, -0.2) is 36.4 Å². The highest BCUT2D eigenvalue weighted by Gasteiger charge is 2.18. The van der Waals surface area contributed by atoms with Gasteiger partial charge in [0.05, 0.1) is 39.3 Å². The van der Waals surface area contributed by atoms with Gasteiger partial charge in [0.25, 0.3) is 0 Å². The zero-order chi connectivity index (χ0) is 19.9. The lowest BCUT2D eigenvalue weighted by Gasteiger charge is -2.24. The highest BCUT2D eigenvalue weighted by molar-refractivity contribution is 5.78. The number of halogens is 1. The molecule has 148 valence electrons. The fourth-order valence-electron chi connectivity index (χ4n) is 2.90. The van der Waals surface area contributed by atoms with Gasteiger partial charge in [0.2, 0.25) is 5.91 Å². The molecule has 0 aliphatic rings. The highest BCUT2D eigenvalue weighted by Crippen LogP contribution is 2.19. The maximum atomic E-state index is 13.9. The van der Waals surface area contributed by atoms with Crippen LogP contribution >= 0.6 is 0 Å². The van der Waals surface area contributed by atoms with Crippen molar-refractivity contribution in [3.8, 4) is 5.75 Å². The van der Waals surface area contributed by atoms with Gasteiger partial charge in [-0.3, -0.25) is 9.69 Å². The number of likely N-dealkylation sites (N-methyl/N-ethyl adjacent to an activating group) is 1. The van der Waals surface area contributed by atoms with E-state index in [9.17, 15) is 9.18 Å². The SMILES string of the molecule is COc1ccc(CN(C)C(=O)CN(Cc2ccco2)Cc2ccco2)cc1F. The Kier molecular flexibility index (Phi) is 6.49. The lowest BCUT2D eigenvalue weighted by molar-refractivity contribution is -0.132. The Morgan fingerprint density at radius 2 is 1.68 bits per heavy atom. The molecule has 3 aromatic rings. The predicted octanol–water partition coefficient (Wildman–Crippen LogP) is 3.68. The number of amides is 1. The number of nitrogens with zero attached hydrogens (tertiary/aromatic N) is 2. The van der Waals surface area contributed by atoms with E-state index in [1.54, 1.807) is 36.6 Å². The number of carbonyl (C=O) groups excluding carboxylic acids is 1. The zero-order valence-electron chi connectivity index (χ0n) is 15.9. The summed E-state index contributed by atoms with van der Waals surface area (Å²) in [4.78, 5) is 16.2. The average molecular weight is 386 g/mol. The van der Waals surface area contributed by atoms with Crippen molar-refractivity contribution in [3.05, 3.63) is 77.9 Å². The molecule has 0 aliphatic carbocycles. The smallest absolute Gasteiger partial charge is 0.236 e. The summed E-state index contributed by atoms with van der Waals surface area (Å²) in [5, 5.41) is 0. The highest BCUT2D eigenvalue weighted by atomic mass is 19.1. The van der Waals surface area contributed by atoms with E-state index in [0.29, 0.717) is 25.2 Å². The van der Waals surface area contributed by atoms with E-state index in [0.717, 1.165) is 11.5 Å². The van der Waals surface area contributed by atoms with E-state index in [1.165, 1.54) is 13.2 Å². The summed E-state index contributed by atoms with van der Waals surface area (Å²) in [6.45, 7) is 1.43. The lowest BCUT2D eigenvalue weighted by atomic mass is 10.2. The second-order valence-electron chi connectivity index (χ2n) is 6.52. The minimum absolute atomic E-state index is 0.0886. The first-order valence-electron chi connectivity index (χ1n) is 8.88. The van der Waals surface area contributed by atoms with Crippen molar-refractivity contribution in [2.75, 3.05) is 20.7 Å². The molecule has 0 saturated heterocycles. The summed E-state index contributed by atoms with van der Waals surface area (Å²) in [5.74, 6) is 1.17. The van der Waals surface area contributed by atoms with E-state index in [1.807, 2.05) is 29.2 Å². The Hall–Kier alpha value is -3.06. The van der Waals surface area contributed by atoms with Gasteiger partial charge in [0.15, 0.2) is 11.6 Å². The van der Waals surface area contributed by atoms with Gasteiger partial charge in [-0.25, -0.2) is 4.39 Å². The normalized spacial score (nSPS) is 11.0. The van der Waals surface area contributed by atoms with Crippen LogP contribution in [0.2, 0.25) is 0 Å². The fraction of sp³-hybridized carbons (Fsp3) is 0.286. The molecule has 0 bridgehead atoms. The third kappa shape index (κ3) is 5.23. The Morgan fingerprint density at radius 3 is 2.18 bits per heavy atom. The van der Waals surface area contributed by atoms with Gasteiger partial charge < -0.3 is 18.5 Å². The van der Waals surface area contributed by atoms with Crippen LogP contribution in [0.5, 0.6) is 5.75 Å². The predicted molar refractivity (Wildman–Crippen MR) is 101 cm³/mol. The van der Waals surface area contributed by atoms with Crippen molar-refractivity contribution >= 4 is 5.91 Å². The second-order valence-corrected chi connectivity index (χ2v) is 6.52. The number of ether oxygens (including phenoxy) is 1. The average Bonchev–Trinajstić information content (AvgIpc) is 3.36. The van der Waals surface area contributed by atoms with Crippen LogP contribution in [0.25, 0.3) is 0 Å². The van der Waals surface area contributed by atoms with Crippen molar-refractivity contribution in [2.45, 2.75) is 19.6 Å². The second kappa shape index (κ2) is 9.23. The summed E-state index contributed by atoms with van der Waals surface area (Å²) in [6, 6.07) is 12.0. The molecule has 7 heteroatoms. The Balaban J connectivity index is 1.63. The van der Waals surface area contributed by atoms with Gasteiger partial charge in [-0.1, -0.05) is 6.07 Å². The summed E-state index contributed by atoms with van der Waals surface area (Å²) in [7, 11) is 3.11. The minimum Gasteiger partial charge on any atom is -0.494 e. The monoisotopic (exact) mass is 386 g/mol. The Labute approximate surface area is 163 Å². The molecule has 28 heavy (non-hydrogen) atoms. The lowest BCUT2D eigenvalue weighted by Crippen LogP contribution is -2.37. The van der Waals surface area contributed by atoms with Gasteiger partial charge in [0.1, 0.15) is 11.5 Å². The molecule has 6 nitrogen and oxygen atoms in total. The van der Waals surface area contributed by atoms with Crippen molar-refractivity contribution in [1.29, 1.82) is 0 Å². The van der Waals surface area contributed by atoms with E-state index in [-0.39, 0.29) is 18.2 Å². The van der Waals surface area contributed by atoms with Crippen LogP contribution in [0.15, 0.2) is 63.8 Å². The third-order valence-electron chi connectivity index (χ3n) is 4.34. The Bertz CT molecular complexity index is 842. The summed E-state index contributed by atoms with van der Waals surface area (Å²) in [5.41, 5.74) is 0.692. The van der Waals surface area contributed by atoms with Crippen LogP contribution in [0, 0.1) is 5.82 Å². The molecule has 0 unspecified atom stereocenters. The largest absolute Gasteiger partial charge is 0.494 e. The summed E-state index contributed by atoms with van der Waals surface area (Å²) < 4.78 is 29.6. The molecule has 1 amide bonds. The van der Waals surface area contributed by atoms with Crippen LogP contribution in [-0.2, 0) is 24.4 Å².